The summed E-state index contributed by atoms with van der Waals surface area (Å²) in [5, 5.41) is 4.32. The van der Waals surface area contributed by atoms with Gasteiger partial charge in [0.25, 0.3) is 0 Å². The summed E-state index contributed by atoms with van der Waals surface area (Å²) < 4.78 is 5.09. The molecule has 1 aromatic rings. The van der Waals surface area contributed by atoms with Gasteiger partial charge in [-0.1, -0.05) is 29.8 Å². The van der Waals surface area contributed by atoms with Crippen LogP contribution < -0.4 is 5.32 Å². The van der Waals surface area contributed by atoms with Crippen molar-refractivity contribution in [2.45, 2.75) is 32.4 Å². The predicted octanol–water partition coefficient (Wildman–Crippen LogP) is 2.90. The third-order valence-corrected chi connectivity index (χ3v) is 2.84. The number of halogens is 1. The Balaban J connectivity index is 2.45. The lowest BCUT2D eigenvalue weighted by Crippen LogP contribution is -2.38. The highest BCUT2D eigenvalue weighted by molar-refractivity contribution is 6.31. The fourth-order valence-corrected chi connectivity index (χ4v) is 2.05. The topological polar surface area (TPSA) is 21.3 Å². The second kappa shape index (κ2) is 6.89. The molecule has 0 aliphatic heterocycles. The van der Waals surface area contributed by atoms with Gasteiger partial charge in [-0.15, -0.1) is 0 Å². The van der Waals surface area contributed by atoms with E-state index in [9.17, 15) is 0 Å². The summed E-state index contributed by atoms with van der Waals surface area (Å²) in [6.45, 7) is 5.01. The normalized spacial score (nSPS) is 14.8. The molecule has 1 aromatic carbocycles. The van der Waals surface area contributed by atoms with E-state index in [-0.39, 0.29) is 0 Å². The van der Waals surface area contributed by atoms with Crippen molar-refractivity contribution in [3.63, 3.8) is 0 Å². The molecule has 0 aromatic heterocycles. The predicted molar refractivity (Wildman–Crippen MR) is 69.1 cm³/mol. The van der Waals surface area contributed by atoms with Crippen LogP contribution in [0.1, 0.15) is 19.4 Å². The Morgan fingerprint density at radius 1 is 1.25 bits per heavy atom. The van der Waals surface area contributed by atoms with Gasteiger partial charge in [-0.2, -0.15) is 0 Å². The molecule has 0 aliphatic rings. The van der Waals surface area contributed by atoms with E-state index in [2.05, 4.69) is 25.2 Å². The zero-order valence-corrected chi connectivity index (χ0v) is 10.9. The number of hydrogen-bond acceptors (Lipinski definition) is 2. The standard InChI is InChI=1S/C13H20ClNO/c1-10(15-11(2)9-16-3)8-12-6-4-5-7-13(12)14/h4-7,10-11,15H,8-9H2,1-3H3. The maximum atomic E-state index is 6.11. The van der Waals surface area contributed by atoms with Crippen LogP contribution in [0.2, 0.25) is 5.02 Å². The molecule has 0 spiro atoms. The minimum Gasteiger partial charge on any atom is -0.383 e. The maximum Gasteiger partial charge on any atom is 0.0613 e. The lowest BCUT2D eigenvalue weighted by Gasteiger charge is -2.19. The minimum absolute atomic E-state index is 0.363. The molecule has 90 valence electrons. The second-order valence-electron chi connectivity index (χ2n) is 4.22. The van der Waals surface area contributed by atoms with Crippen LogP contribution in [0.25, 0.3) is 0 Å². The summed E-state index contributed by atoms with van der Waals surface area (Å²) in [4.78, 5) is 0. The first kappa shape index (κ1) is 13.5. The SMILES string of the molecule is COCC(C)NC(C)Cc1ccccc1Cl. The zero-order chi connectivity index (χ0) is 12.0. The van der Waals surface area contributed by atoms with Crippen molar-refractivity contribution in [3.05, 3.63) is 34.9 Å². The molecule has 0 fully saturated rings. The van der Waals surface area contributed by atoms with Gasteiger partial charge in [-0.25, -0.2) is 0 Å². The number of methoxy groups -OCH3 is 1. The number of nitrogens with one attached hydrogen (secondary N) is 1. The molecule has 0 heterocycles. The van der Waals surface area contributed by atoms with Gasteiger partial charge in [0.2, 0.25) is 0 Å². The highest BCUT2D eigenvalue weighted by atomic mass is 35.5. The molecular formula is C13H20ClNO. The molecule has 0 aliphatic carbocycles. The summed E-state index contributed by atoms with van der Waals surface area (Å²) in [6, 6.07) is 8.74. The van der Waals surface area contributed by atoms with Crippen LogP contribution in [-0.2, 0) is 11.2 Å². The molecule has 1 N–H and O–H groups in total. The van der Waals surface area contributed by atoms with Crippen molar-refractivity contribution in [1.29, 1.82) is 0 Å². The third kappa shape index (κ3) is 4.52. The average Bonchev–Trinajstić information content (AvgIpc) is 2.21. The first-order chi connectivity index (χ1) is 7.63. The van der Waals surface area contributed by atoms with Crippen LogP contribution >= 0.6 is 11.6 Å². The highest BCUT2D eigenvalue weighted by Gasteiger charge is 2.09. The van der Waals surface area contributed by atoms with Crippen LogP contribution in [0.4, 0.5) is 0 Å². The molecule has 2 atom stereocenters. The molecule has 0 saturated carbocycles. The molecule has 0 amide bonds. The van der Waals surface area contributed by atoms with Gasteiger partial charge in [-0.3, -0.25) is 0 Å². The minimum atomic E-state index is 0.363. The Kier molecular flexibility index (Phi) is 5.81. The third-order valence-electron chi connectivity index (χ3n) is 2.47. The van der Waals surface area contributed by atoms with Crippen LogP contribution in [-0.4, -0.2) is 25.8 Å². The van der Waals surface area contributed by atoms with Gasteiger partial charge in [0.15, 0.2) is 0 Å². The van der Waals surface area contributed by atoms with E-state index in [0.29, 0.717) is 12.1 Å². The largest absolute Gasteiger partial charge is 0.383 e. The van der Waals surface area contributed by atoms with Crippen LogP contribution in [0.5, 0.6) is 0 Å². The van der Waals surface area contributed by atoms with Gasteiger partial charge < -0.3 is 10.1 Å². The monoisotopic (exact) mass is 241 g/mol. The van der Waals surface area contributed by atoms with Gasteiger partial charge in [0.05, 0.1) is 6.61 Å². The first-order valence-corrected chi connectivity index (χ1v) is 5.99. The average molecular weight is 242 g/mol. The second-order valence-corrected chi connectivity index (χ2v) is 4.63. The van der Waals surface area contributed by atoms with E-state index >= 15 is 0 Å². The summed E-state index contributed by atoms with van der Waals surface area (Å²) in [6.07, 6.45) is 0.938. The summed E-state index contributed by atoms with van der Waals surface area (Å²) >= 11 is 6.11. The van der Waals surface area contributed by atoms with Gasteiger partial charge in [0.1, 0.15) is 0 Å². The van der Waals surface area contributed by atoms with Crippen molar-refractivity contribution in [3.8, 4) is 0 Å². The van der Waals surface area contributed by atoms with E-state index in [0.717, 1.165) is 18.1 Å². The quantitative estimate of drug-likeness (QED) is 0.827. The van der Waals surface area contributed by atoms with Crippen molar-refractivity contribution in [2.75, 3.05) is 13.7 Å². The van der Waals surface area contributed by atoms with E-state index in [4.69, 9.17) is 16.3 Å². The Hall–Kier alpha value is -0.570. The number of hydrogen-bond donors (Lipinski definition) is 1. The molecule has 0 bridgehead atoms. The van der Waals surface area contributed by atoms with Crippen molar-refractivity contribution in [2.24, 2.45) is 0 Å². The number of ether oxygens (including phenoxy) is 1. The van der Waals surface area contributed by atoms with Crippen molar-refractivity contribution in [1.82, 2.24) is 5.32 Å². The van der Waals surface area contributed by atoms with Crippen molar-refractivity contribution >= 4 is 11.6 Å². The Labute approximate surface area is 103 Å². The highest BCUT2D eigenvalue weighted by Crippen LogP contribution is 2.16. The van der Waals surface area contributed by atoms with Gasteiger partial charge >= 0.3 is 0 Å². The smallest absolute Gasteiger partial charge is 0.0613 e. The molecule has 0 saturated heterocycles. The zero-order valence-electron chi connectivity index (χ0n) is 10.2. The molecule has 2 unspecified atom stereocenters. The summed E-state index contributed by atoms with van der Waals surface area (Å²) in [7, 11) is 1.72. The lowest BCUT2D eigenvalue weighted by molar-refractivity contribution is 0.167. The van der Waals surface area contributed by atoms with Crippen molar-refractivity contribution < 1.29 is 4.74 Å². The Bertz CT molecular complexity index is 317. The van der Waals surface area contributed by atoms with Crippen LogP contribution in [0, 0.1) is 0 Å². The summed E-state index contributed by atoms with van der Waals surface area (Å²) in [5.41, 5.74) is 1.19. The summed E-state index contributed by atoms with van der Waals surface area (Å²) in [5.74, 6) is 0. The lowest BCUT2D eigenvalue weighted by atomic mass is 10.1. The Morgan fingerprint density at radius 3 is 2.56 bits per heavy atom. The van der Waals surface area contributed by atoms with Crippen LogP contribution in [0.3, 0.4) is 0 Å². The molecule has 0 radical (unpaired) electrons. The van der Waals surface area contributed by atoms with E-state index in [1.165, 1.54) is 5.56 Å². The Morgan fingerprint density at radius 2 is 1.94 bits per heavy atom. The molecule has 2 nitrogen and oxygen atoms in total. The molecule has 16 heavy (non-hydrogen) atoms. The van der Waals surface area contributed by atoms with Gasteiger partial charge in [-0.05, 0) is 31.9 Å². The molecule has 1 rings (SSSR count). The maximum absolute atomic E-state index is 6.11. The van der Waals surface area contributed by atoms with Crippen LogP contribution in [0.15, 0.2) is 24.3 Å². The number of rotatable bonds is 6. The molecule has 3 heteroatoms. The van der Waals surface area contributed by atoms with E-state index in [1.807, 2.05) is 18.2 Å². The number of benzene rings is 1. The van der Waals surface area contributed by atoms with E-state index in [1.54, 1.807) is 7.11 Å². The van der Waals surface area contributed by atoms with Gasteiger partial charge in [0, 0.05) is 24.2 Å². The first-order valence-electron chi connectivity index (χ1n) is 5.62. The molecular weight excluding hydrogens is 222 g/mol. The fraction of sp³-hybridized carbons (Fsp3) is 0.538. The van der Waals surface area contributed by atoms with E-state index < -0.39 is 0 Å². The fourth-order valence-electron chi connectivity index (χ4n) is 1.84.